The second-order valence-electron chi connectivity index (χ2n) is 2.95. The van der Waals surface area contributed by atoms with Gasteiger partial charge < -0.3 is 5.32 Å². The normalized spacial score (nSPS) is 10.1. The molecule has 82 valence electrons. The average Bonchev–Trinajstić information content (AvgIpc) is 2.24. The van der Waals surface area contributed by atoms with Gasteiger partial charge in [0.1, 0.15) is 5.88 Å². The van der Waals surface area contributed by atoms with E-state index >= 15 is 0 Å². The quantitative estimate of drug-likeness (QED) is 0.834. The van der Waals surface area contributed by atoms with Crippen LogP contribution in [0.1, 0.15) is 5.56 Å². The van der Waals surface area contributed by atoms with E-state index in [0.29, 0.717) is 23.0 Å². The third kappa shape index (κ3) is 3.90. The molecule has 0 fully saturated rings. The molecule has 1 N–H and O–H groups in total. The van der Waals surface area contributed by atoms with Crippen LogP contribution in [-0.4, -0.2) is 18.3 Å². The van der Waals surface area contributed by atoms with Crippen molar-refractivity contribution >= 4 is 40.7 Å². The lowest BCUT2D eigenvalue weighted by Crippen LogP contribution is -2.26. The van der Waals surface area contributed by atoms with Crippen molar-refractivity contribution in [2.75, 3.05) is 12.4 Å². The molecular weight excluding hydrogens is 256 g/mol. The first-order chi connectivity index (χ1) is 7.15. The zero-order valence-corrected chi connectivity index (χ0v) is 10.2. The molecule has 0 saturated carbocycles. The topological polar surface area (TPSA) is 29.1 Å². The largest absolute Gasteiger partial charge is 0.355 e. The minimum absolute atomic E-state index is 0.0245. The lowest BCUT2D eigenvalue weighted by Gasteiger charge is -2.06. The predicted octanol–water partition coefficient (Wildman–Crippen LogP) is 2.89. The van der Waals surface area contributed by atoms with Crippen molar-refractivity contribution < 1.29 is 4.79 Å². The first-order valence-electron chi connectivity index (χ1n) is 4.40. The van der Waals surface area contributed by atoms with E-state index in [1.54, 1.807) is 6.07 Å². The second-order valence-corrected chi connectivity index (χ2v) is 4.00. The maximum absolute atomic E-state index is 10.9. The summed E-state index contributed by atoms with van der Waals surface area (Å²) in [7, 11) is 0. The van der Waals surface area contributed by atoms with Gasteiger partial charge in [-0.05, 0) is 18.1 Å². The Morgan fingerprint density at radius 1 is 1.33 bits per heavy atom. The van der Waals surface area contributed by atoms with Crippen molar-refractivity contribution in [1.29, 1.82) is 0 Å². The van der Waals surface area contributed by atoms with E-state index in [-0.39, 0.29) is 11.8 Å². The van der Waals surface area contributed by atoms with Gasteiger partial charge in [0.15, 0.2) is 0 Å². The highest BCUT2D eigenvalue weighted by Gasteiger charge is 2.04. The molecule has 0 heterocycles. The number of amides is 1. The molecule has 2 nitrogen and oxygen atoms in total. The molecule has 0 aliphatic rings. The van der Waals surface area contributed by atoms with Crippen molar-refractivity contribution in [1.82, 2.24) is 5.32 Å². The summed E-state index contributed by atoms with van der Waals surface area (Å²) < 4.78 is 0. The number of alkyl halides is 1. The zero-order chi connectivity index (χ0) is 11.3. The molecule has 0 aliphatic heterocycles. The number of carbonyl (C=O) groups excluding carboxylic acids is 1. The standard InChI is InChI=1S/C10H10Cl3NO/c11-6-9(15)14-5-4-7-2-1-3-8(12)10(7)13/h1-3H,4-6H2,(H,14,15). The molecule has 0 spiro atoms. The molecular formula is C10H10Cl3NO. The Morgan fingerprint density at radius 2 is 2.07 bits per heavy atom. The first-order valence-corrected chi connectivity index (χ1v) is 5.69. The number of nitrogens with one attached hydrogen (secondary N) is 1. The molecule has 0 aromatic heterocycles. The molecule has 1 amide bonds. The fourth-order valence-corrected chi connectivity index (χ4v) is 1.63. The van der Waals surface area contributed by atoms with Crippen LogP contribution < -0.4 is 5.32 Å². The predicted molar refractivity (Wildman–Crippen MR) is 63.9 cm³/mol. The average molecular weight is 267 g/mol. The minimum atomic E-state index is -0.185. The summed E-state index contributed by atoms with van der Waals surface area (Å²) in [4.78, 5) is 10.9. The maximum atomic E-state index is 10.9. The van der Waals surface area contributed by atoms with Gasteiger partial charge in [0.25, 0.3) is 0 Å². The van der Waals surface area contributed by atoms with Crippen LogP contribution in [0.15, 0.2) is 18.2 Å². The van der Waals surface area contributed by atoms with Crippen molar-refractivity contribution in [2.24, 2.45) is 0 Å². The van der Waals surface area contributed by atoms with E-state index < -0.39 is 0 Å². The molecule has 0 bridgehead atoms. The summed E-state index contributed by atoms with van der Waals surface area (Å²) in [6, 6.07) is 5.43. The van der Waals surface area contributed by atoms with Crippen LogP contribution in [0.25, 0.3) is 0 Å². The third-order valence-electron chi connectivity index (χ3n) is 1.87. The van der Waals surface area contributed by atoms with Gasteiger partial charge in [0.2, 0.25) is 5.91 Å². The Morgan fingerprint density at radius 3 is 2.73 bits per heavy atom. The van der Waals surface area contributed by atoms with E-state index in [1.165, 1.54) is 0 Å². The lowest BCUT2D eigenvalue weighted by atomic mass is 10.1. The van der Waals surface area contributed by atoms with Crippen LogP contribution in [0, 0.1) is 0 Å². The molecule has 0 radical (unpaired) electrons. The SMILES string of the molecule is O=C(CCl)NCCc1cccc(Cl)c1Cl. The van der Waals surface area contributed by atoms with E-state index in [9.17, 15) is 4.79 Å². The van der Waals surface area contributed by atoms with Gasteiger partial charge in [-0.25, -0.2) is 0 Å². The summed E-state index contributed by atoms with van der Waals surface area (Å²) in [6.07, 6.45) is 0.641. The van der Waals surface area contributed by atoms with E-state index in [2.05, 4.69) is 5.32 Å². The first kappa shape index (κ1) is 12.6. The van der Waals surface area contributed by atoms with Gasteiger partial charge in [-0.15, -0.1) is 11.6 Å². The molecule has 0 unspecified atom stereocenters. The van der Waals surface area contributed by atoms with E-state index in [1.807, 2.05) is 12.1 Å². The Kier molecular flexibility index (Phi) is 5.23. The van der Waals surface area contributed by atoms with E-state index in [0.717, 1.165) is 5.56 Å². The molecule has 0 aliphatic carbocycles. The van der Waals surface area contributed by atoms with Crippen LogP contribution >= 0.6 is 34.8 Å². The summed E-state index contributed by atoms with van der Waals surface area (Å²) in [5.74, 6) is -0.210. The van der Waals surface area contributed by atoms with Gasteiger partial charge in [-0.1, -0.05) is 35.3 Å². The number of carbonyl (C=O) groups is 1. The van der Waals surface area contributed by atoms with Gasteiger partial charge in [-0.2, -0.15) is 0 Å². The van der Waals surface area contributed by atoms with E-state index in [4.69, 9.17) is 34.8 Å². The fourth-order valence-electron chi connectivity index (χ4n) is 1.13. The molecule has 0 atom stereocenters. The van der Waals surface area contributed by atoms with Crippen LogP contribution in [-0.2, 0) is 11.2 Å². The Bertz CT molecular complexity index is 355. The lowest BCUT2D eigenvalue weighted by molar-refractivity contribution is -0.118. The highest BCUT2D eigenvalue weighted by Crippen LogP contribution is 2.25. The Labute approximate surface area is 104 Å². The second kappa shape index (κ2) is 6.21. The number of hydrogen-bond acceptors (Lipinski definition) is 1. The number of benzene rings is 1. The minimum Gasteiger partial charge on any atom is -0.355 e. The van der Waals surface area contributed by atoms with Gasteiger partial charge in [-0.3, -0.25) is 4.79 Å². The monoisotopic (exact) mass is 265 g/mol. The Balaban J connectivity index is 2.51. The molecule has 15 heavy (non-hydrogen) atoms. The smallest absolute Gasteiger partial charge is 0.234 e. The van der Waals surface area contributed by atoms with Crippen molar-refractivity contribution in [2.45, 2.75) is 6.42 Å². The number of rotatable bonds is 4. The summed E-state index contributed by atoms with van der Waals surface area (Å²) in [6.45, 7) is 0.506. The highest BCUT2D eigenvalue weighted by molar-refractivity contribution is 6.42. The Hall–Kier alpha value is -0.440. The molecule has 1 aromatic rings. The molecule has 0 saturated heterocycles. The molecule has 1 aromatic carbocycles. The van der Waals surface area contributed by atoms with Crippen LogP contribution in [0.5, 0.6) is 0 Å². The number of hydrogen-bond donors (Lipinski definition) is 1. The maximum Gasteiger partial charge on any atom is 0.234 e. The molecule has 1 rings (SSSR count). The van der Waals surface area contributed by atoms with Gasteiger partial charge >= 0.3 is 0 Å². The van der Waals surface area contributed by atoms with Crippen molar-refractivity contribution in [3.8, 4) is 0 Å². The van der Waals surface area contributed by atoms with Crippen molar-refractivity contribution in [3.05, 3.63) is 33.8 Å². The van der Waals surface area contributed by atoms with Crippen LogP contribution in [0.4, 0.5) is 0 Å². The summed E-state index contributed by atoms with van der Waals surface area (Å²) in [5.41, 5.74) is 0.916. The molecule has 5 heteroatoms. The summed E-state index contributed by atoms with van der Waals surface area (Å²) in [5, 5.41) is 3.72. The summed E-state index contributed by atoms with van der Waals surface area (Å²) >= 11 is 17.1. The van der Waals surface area contributed by atoms with Crippen LogP contribution in [0.2, 0.25) is 10.0 Å². The third-order valence-corrected chi connectivity index (χ3v) is 2.97. The van der Waals surface area contributed by atoms with Gasteiger partial charge in [0, 0.05) is 6.54 Å². The zero-order valence-electron chi connectivity index (χ0n) is 7.90. The van der Waals surface area contributed by atoms with Crippen molar-refractivity contribution in [3.63, 3.8) is 0 Å². The van der Waals surface area contributed by atoms with Gasteiger partial charge in [0.05, 0.1) is 10.0 Å². The number of halogens is 3. The fraction of sp³-hybridized carbons (Fsp3) is 0.300. The van der Waals surface area contributed by atoms with Crippen LogP contribution in [0.3, 0.4) is 0 Å². The highest BCUT2D eigenvalue weighted by atomic mass is 35.5.